The number of halogens is 1. The van der Waals surface area contributed by atoms with Crippen molar-refractivity contribution in [1.29, 1.82) is 0 Å². The van der Waals surface area contributed by atoms with E-state index in [4.69, 9.17) is 11.6 Å². The molecule has 2 aromatic carbocycles. The van der Waals surface area contributed by atoms with Gasteiger partial charge in [0.25, 0.3) is 0 Å². The van der Waals surface area contributed by atoms with Gasteiger partial charge < -0.3 is 4.90 Å². The summed E-state index contributed by atoms with van der Waals surface area (Å²) in [4.78, 5) is 2.20. The van der Waals surface area contributed by atoms with E-state index in [1.54, 1.807) is 5.12 Å². The highest BCUT2D eigenvalue weighted by atomic mass is 35.5. The van der Waals surface area contributed by atoms with E-state index in [1.165, 1.54) is 10.9 Å². The number of hydrogen-bond donors (Lipinski definition) is 1. The van der Waals surface area contributed by atoms with Crippen LogP contribution in [0.5, 0.6) is 0 Å². The number of hydrazine groups is 2. The fraction of sp³-hybridized carbons (Fsp3) is 0.353. The first-order valence-corrected chi connectivity index (χ1v) is 8.07. The Morgan fingerprint density at radius 1 is 1.17 bits per heavy atom. The third kappa shape index (κ3) is 3.75. The maximum Gasteiger partial charge on any atom is 0.129 e. The lowest BCUT2D eigenvalue weighted by Crippen LogP contribution is -2.41. The lowest BCUT2D eigenvalue weighted by Gasteiger charge is -2.29. The maximum absolute atomic E-state index is 6.08. The highest BCUT2D eigenvalue weighted by molar-refractivity contribution is 6.31. The van der Waals surface area contributed by atoms with Crippen LogP contribution in [0.1, 0.15) is 18.0 Å². The summed E-state index contributed by atoms with van der Waals surface area (Å²) in [6.45, 7) is 0.999. The largest absolute Gasteiger partial charge is 0.309 e. The second-order valence-corrected chi connectivity index (χ2v) is 6.56. The molecule has 5 nitrogen and oxygen atoms in total. The Bertz CT molecular complexity index is 715. The molecule has 1 aliphatic rings. The fourth-order valence-corrected chi connectivity index (χ4v) is 2.97. The molecule has 2 aromatic rings. The Kier molecular flexibility index (Phi) is 4.71. The molecule has 0 bridgehead atoms. The summed E-state index contributed by atoms with van der Waals surface area (Å²) >= 11 is 6.08. The van der Waals surface area contributed by atoms with Crippen molar-refractivity contribution < 1.29 is 0 Å². The minimum atomic E-state index is 0.214. The molecule has 3 rings (SSSR count). The molecule has 0 spiro atoms. The predicted molar refractivity (Wildman–Crippen MR) is 96.1 cm³/mol. The molecule has 1 heterocycles. The van der Waals surface area contributed by atoms with Gasteiger partial charge in [0.2, 0.25) is 0 Å². The number of rotatable bonds is 5. The van der Waals surface area contributed by atoms with E-state index in [-0.39, 0.29) is 6.04 Å². The van der Waals surface area contributed by atoms with Gasteiger partial charge in [0.1, 0.15) is 6.34 Å². The molecule has 0 aliphatic carbocycles. The molecule has 1 aliphatic heterocycles. The van der Waals surface area contributed by atoms with E-state index >= 15 is 0 Å². The van der Waals surface area contributed by atoms with Crippen molar-refractivity contribution in [2.45, 2.75) is 12.5 Å². The van der Waals surface area contributed by atoms with Gasteiger partial charge in [-0.05, 0) is 61.6 Å². The molecule has 6 heteroatoms. The first-order valence-electron chi connectivity index (χ1n) is 7.69. The van der Waals surface area contributed by atoms with Gasteiger partial charge in [-0.1, -0.05) is 29.8 Å². The van der Waals surface area contributed by atoms with Gasteiger partial charge in [-0.25, -0.2) is 5.12 Å². The molecule has 1 unspecified atom stereocenters. The third-order valence-corrected chi connectivity index (χ3v) is 4.24. The quantitative estimate of drug-likeness (QED) is 0.913. The molecule has 1 atom stereocenters. The molecule has 0 amide bonds. The lowest BCUT2D eigenvalue weighted by molar-refractivity contribution is 0.103. The summed E-state index contributed by atoms with van der Waals surface area (Å²) in [7, 11) is 6.08. The minimum Gasteiger partial charge on any atom is -0.309 e. The van der Waals surface area contributed by atoms with Gasteiger partial charge in [0.15, 0.2) is 0 Å². The number of benzene rings is 2. The van der Waals surface area contributed by atoms with E-state index in [0.717, 1.165) is 23.4 Å². The van der Waals surface area contributed by atoms with Crippen LogP contribution in [0.2, 0.25) is 5.02 Å². The minimum absolute atomic E-state index is 0.214. The number of fused-ring (bicyclic) bond motifs is 1. The van der Waals surface area contributed by atoms with Crippen molar-refractivity contribution in [2.24, 2.45) is 5.10 Å². The van der Waals surface area contributed by atoms with Crippen LogP contribution in [0.15, 0.2) is 41.5 Å². The van der Waals surface area contributed by atoms with Gasteiger partial charge in [-0.2, -0.15) is 0 Å². The SMILES string of the molecule is CN(C)CCC(c1ccc2cc(Cl)ccc2c1)N1C=NN(C)N1. The fourth-order valence-electron chi connectivity index (χ4n) is 2.79. The molecule has 0 saturated carbocycles. The smallest absolute Gasteiger partial charge is 0.129 e. The van der Waals surface area contributed by atoms with Crippen molar-refractivity contribution in [1.82, 2.24) is 20.6 Å². The van der Waals surface area contributed by atoms with Crippen LogP contribution >= 0.6 is 11.6 Å². The van der Waals surface area contributed by atoms with Crippen LogP contribution in [-0.4, -0.2) is 49.1 Å². The van der Waals surface area contributed by atoms with Crippen LogP contribution in [0.25, 0.3) is 10.8 Å². The van der Waals surface area contributed by atoms with E-state index in [9.17, 15) is 0 Å². The maximum atomic E-state index is 6.08. The van der Waals surface area contributed by atoms with Gasteiger partial charge in [-0.3, -0.25) is 5.01 Å². The average Bonchev–Trinajstić information content (AvgIpc) is 2.93. The van der Waals surface area contributed by atoms with Crippen molar-refractivity contribution >= 4 is 28.7 Å². The summed E-state index contributed by atoms with van der Waals surface area (Å²) in [5.74, 6) is 0. The van der Waals surface area contributed by atoms with E-state index < -0.39 is 0 Å². The first kappa shape index (κ1) is 16.1. The second kappa shape index (κ2) is 6.74. The molecule has 0 aromatic heterocycles. The number of hydrogen-bond acceptors (Lipinski definition) is 5. The van der Waals surface area contributed by atoms with E-state index in [1.807, 2.05) is 25.5 Å². The Balaban J connectivity index is 1.91. The zero-order valence-corrected chi connectivity index (χ0v) is 14.5. The molecule has 122 valence electrons. The zero-order chi connectivity index (χ0) is 16.4. The van der Waals surface area contributed by atoms with Gasteiger partial charge in [0.05, 0.1) is 6.04 Å². The first-order chi connectivity index (χ1) is 11.0. The summed E-state index contributed by atoms with van der Waals surface area (Å²) in [5.41, 5.74) is 4.50. The van der Waals surface area contributed by atoms with Crippen LogP contribution in [0, 0.1) is 0 Å². The standard InChI is InChI=1S/C17H22ClN5/c1-21(2)9-8-17(23-12-19-22(3)20-23)15-5-4-14-11-16(18)7-6-13(14)10-15/h4-7,10-12,17,20H,8-9H2,1-3H3. The Hall–Kier alpha value is -1.82. The molecule has 1 N–H and O–H groups in total. The monoisotopic (exact) mass is 331 g/mol. The molecular formula is C17H22ClN5. The van der Waals surface area contributed by atoms with Crippen molar-refractivity contribution in [3.63, 3.8) is 0 Å². The molecule has 0 fully saturated rings. The van der Waals surface area contributed by atoms with Gasteiger partial charge in [-0.15, -0.1) is 10.6 Å². The summed E-state index contributed by atoms with van der Waals surface area (Å²) in [6.07, 6.45) is 2.84. The van der Waals surface area contributed by atoms with Crippen LogP contribution in [0.4, 0.5) is 0 Å². The normalized spacial score (nSPS) is 15.9. The van der Waals surface area contributed by atoms with Gasteiger partial charge >= 0.3 is 0 Å². The van der Waals surface area contributed by atoms with Gasteiger partial charge in [0, 0.05) is 12.1 Å². The number of hydrazone groups is 1. The van der Waals surface area contributed by atoms with Crippen molar-refractivity contribution in [2.75, 3.05) is 27.7 Å². The highest BCUT2D eigenvalue weighted by Gasteiger charge is 2.22. The van der Waals surface area contributed by atoms with Crippen molar-refractivity contribution in [3.05, 3.63) is 47.0 Å². The summed E-state index contributed by atoms with van der Waals surface area (Å²) in [6, 6.07) is 12.8. The molecular weight excluding hydrogens is 310 g/mol. The second-order valence-electron chi connectivity index (χ2n) is 6.12. The Morgan fingerprint density at radius 2 is 1.91 bits per heavy atom. The summed E-state index contributed by atoms with van der Waals surface area (Å²) in [5, 5.41) is 11.2. The predicted octanol–water partition coefficient (Wildman–Crippen LogP) is 3.10. The molecule has 0 saturated heterocycles. The Labute approximate surface area is 142 Å². The van der Waals surface area contributed by atoms with Crippen molar-refractivity contribution in [3.8, 4) is 0 Å². The number of nitrogens with zero attached hydrogens (tertiary/aromatic N) is 4. The highest BCUT2D eigenvalue weighted by Crippen LogP contribution is 2.28. The lowest BCUT2D eigenvalue weighted by atomic mass is 9.99. The van der Waals surface area contributed by atoms with Crippen LogP contribution in [0.3, 0.4) is 0 Å². The molecule has 0 radical (unpaired) electrons. The average molecular weight is 332 g/mol. The summed E-state index contributed by atoms with van der Waals surface area (Å²) < 4.78 is 0. The van der Waals surface area contributed by atoms with E-state index in [0.29, 0.717) is 0 Å². The zero-order valence-electron chi connectivity index (χ0n) is 13.7. The third-order valence-electron chi connectivity index (χ3n) is 4.01. The topological polar surface area (TPSA) is 34.1 Å². The number of nitrogens with one attached hydrogen (secondary N) is 1. The van der Waals surface area contributed by atoms with Crippen LogP contribution < -0.4 is 5.53 Å². The molecule has 23 heavy (non-hydrogen) atoms. The Morgan fingerprint density at radius 3 is 2.61 bits per heavy atom. The van der Waals surface area contributed by atoms with Crippen LogP contribution in [-0.2, 0) is 0 Å². The van der Waals surface area contributed by atoms with E-state index in [2.05, 4.69) is 58.9 Å².